The second-order valence-electron chi connectivity index (χ2n) is 5.41. The molecule has 0 bridgehead atoms. The van der Waals surface area contributed by atoms with Crippen molar-refractivity contribution in [3.63, 3.8) is 0 Å². The molecule has 0 N–H and O–H groups in total. The van der Waals surface area contributed by atoms with E-state index in [9.17, 15) is 9.59 Å². The van der Waals surface area contributed by atoms with Gasteiger partial charge in [0.25, 0.3) is 5.91 Å². The molecule has 4 nitrogen and oxygen atoms in total. The zero-order valence-electron chi connectivity index (χ0n) is 12.6. The first-order valence-electron chi connectivity index (χ1n) is 7.55. The molecule has 1 aliphatic heterocycles. The number of hydrogen-bond acceptors (Lipinski definition) is 2. The van der Waals surface area contributed by atoms with Gasteiger partial charge in [-0.1, -0.05) is 36.5 Å². The van der Waals surface area contributed by atoms with E-state index in [1.807, 2.05) is 4.90 Å². The Balaban J connectivity index is 1.92. The summed E-state index contributed by atoms with van der Waals surface area (Å²) >= 11 is 11.8. The van der Waals surface area contributed by atoms with Crippen LogP contribution in [0.2, 0.25) is 10.0 Å². The molecule has 1 fully saturated rings. The van der Waals surface area contributed by atoms with Crippen molar-refractivity contribution in [3.05, 3.63) is 33.8 Å². The highest BCUT2D eigenvalue weighted by Gasteiger charge is 2.24. The summed E-state index contributed by atoms with van der Waals surface area (Å²) < 4.78 is 0. The molecule has 22 heavy (non-hydrogen) atoms. The predicted molar refractivity (Wildman–Crippen MR) is 88.5 cm³/mol. The molecule has 6 heteroatoms. The van der Waals surface area contributed by atoms with Gasteiger partial charge in [0.05, 0.1) is 10.0 Å². The van der Waals surface area contributed by atoms with Crippen LogP contribution in [0.4, 0.5) is 0 Å². The topological polar surface area (TPSA) is 40.6 Å². The first kappa shape index (κ1) is 17.1. The van der Waals surface area contributed by atoms with E-state index in [0.717, 1.165) is 12.8 Å². The molecule has 1 aliphatic rings. The largest absolute Gasteiger partial charge is 0.339 e. The maximum absolute atomic E-state index is 12.4. The van der Waals surface area contributed by atoms with Crippen molar-refractivity contribution in [2.75, 3.05) is 26.2 Å². The summed E-state index contributed by atoms with van der Waals surface area (Å²) in [7, 11) is 0. The van der Waals surface area contributed by atoms with Crippen molar-refractivity contribution in [2.24, 2.45) is 0 Å². The third-order valence-corrected chi connectivity index (χ3v) is 4.57. The molecule has 0 aliphatic carbocycles. The number of hydrogen-bond donors (Lipinski definition) is 0. The molecule has 0 atom stereocenters. The summed E-state index contributed by atoms with van der Waals surface area (Å²) in [5.74, 6) is 0.114. The minimum atomic E-state index is -0.0702. The van der Waals surface area contributed by atoms with Crippen LogP contribution in [0, 0.1) is 0 Å². The third-order valence-electron chi connectivity index (χ3n) is 3.83. The fourth-order valence-corrected chi connectivity index (χ4v) is 2.75. The highest BCUT2D eigenvalue weighted by Crippen LogP contribution is 2.23. The number of halogens is 2. The van der Waals surface area contributed by atoms with Crippen molar-refractivity contribution in [1.29, 1.82) is 0 Å². The Bertz CT molecular complexity index is 555. The summed E-state index contributed by atoms with van der Waals surface area (Å²) in [5.41, 5.74) is 0.528. The number of rotatable bonds is 4. The fraction of sp³-hybridized carbons (Fsp3) is 0.500. The Hall–Kier alpha value is -1.26. The van der Waals surface area contributed by atoms with Crippen molar-refractivity contribution >= 4 is 35.0 Å². The van der Waals surface area contributed by atoms with Crippen molar-refractivity contribution in [1.82, 2.24) is 9.80 Å². The number of carbonyl (C=O) groups excluding carboxylic acids is 2. The molecule has 0 spiro atoms. The van der Waals surface area contributed by atoms with Gasteiger partial charge >= 0.3 is 0 Å². The molecular formula is C16H20Cl2N2O2. The summed E-state index contributed by atoms with van der Waals surface area (Å²) in [6.07, 6.45) is 2.53. The molecule has 1 aromatic carbocycles. The monoisotopic (exact) mass is 342 g/mol. The molecule has 1 aromatic rings. The van der Waals surface area contributed by atoms with Crippen molar-refractivity contribution < 1.29 is 9.59 Å². The third kappa shape index (κ3) is 4.14. The van der Waals surface area contributed by atoms with E-state index in [-0.39, 0.29) is 11.8 Å². The molecule has 0 radical (unpaired) electrons. The van der Waals surface area contributed by atoms with Gasteiger partial charge in [-0.05, 0) is 24.6 Å². The summed E-state index contributed by atoms with van der Waals surface area (Å²) in [5, 5.41) is 0.811. The molecule has 2 rings (SSSR count). The van der Waals surface area contributed by atoms with E-state index in [2.05, 4.69) is 6.92 Å². The minimum Gasteiger partial charge on any atom is -0.339 e. The maximum atomic E-state index is 12.4. The number of nitrogens with zero attached hydrogens (tertiary/aromatic N) is 2. The zero-order valence-corrected chi connectivity index (χ0v) is 14.2. The van der Waals surface area contributed by atoms with Gasteiger partial charge in [-0.3, -0.25) is 9.59 Å². The zero-order chi connectivity index (χ0) is 16.1. The average Bonchev–Trinajstić information content (AvgIpc) is 2.54. The van der Waals surface area contributed by atoms with Crippen LogP contribution in [0.1, 0.15) is 36.5 Å². The first-order chi connectivity index (χ1) is 10.5. The van der Waals surface area contributed by atoms with Crippen LogP contribution in [0.3, 0.4) is 0 Å². The SMILES string of the molecule is CCCCC(=O)N1CCN(C(=O)c2ccc(Cl)c(Cl)c2)CC1. The van der Waals surface area contributed by atoms with Crippen LogP contribution in [-0.2, 0) is 4.79 Å². The summed E-state index contributed by atoms with van der Waals surface area (Å²) in [6, 6.07) is 4.89. The number of piperazine rings is 1. The van der Waals surface area contributed by atoms with Gasteiger partial charge in [0.2, 0.25) is 5.91 Å². The van der Waals surface area contributed by atoms with E-state index in [1.54, 1.807) is 23.1 Å². The van der Waals surface area contributed by atoms with E-state index < -0.39 is 0 Å². The van der Waals surface area contributed by atoms with Crippen LogP contribution < -0.4 is 0 Å². The Morgan fingerprint density at radius 2 is 1.68 bits per heavy atom. The van der Waals surface area contributed by atoms with E-state index in [4.69, 9.17) is 23.2 Å². The number of amides is 2. The first-order valence-corrected chi connectivity index (χ1v) is 8.30. The molecule has 2 amide bonds. The fourth-order valence-electron chi connectivity index (χ4n) is 2.46. The second kappa shape index (κ2) is 7.84. The molecular weight excluding hydrogens is 323 g/mol. The lowest BCUT2D eigenvalue weighted by atomic mass is 10.1. The van der Waals surface area contributed by atoms with E-state index >= 15 is 0 Å². The maximum Gasteiger partial charge on any atom is 0.254 e. The lowest BCUT2D eigenvalue weighted by molar-refractivity contribution is -0.132. The Labute approximate surface area is 141 Å². The minimum absolute atomic E-state index is 0.0702. The Kier molecular flexibility index (Phi) is 6.09. The number of benzene rings is 1. The van der Waals surface area contributed by atoms with Crippen molar-refractivity contribution in [3.8, 4) is 0 Å². The summed E-state index contributed by atoms with van der Waals surface area (Å²) in [6.45, 7) is 4.36. The Morgan fingerprint density at radius 3 is 2.27 bits per heavy atom. The summed E-state index contributed by atoms with van der Waals surface area (Å²) in [4.78, 5) is 28.0. The van der Waals surface area contributed by atoms with Gasteiger partial charge in [-0.25, -0.2) is 0 Å². The molecule has 0 saturated carbocycles. The quantitative estimate of drug-likeness (QED) is 0.840. The lowest BCUT2D eigenvalue weighted by Crippen LogP contribution is -2.50. The van der Waals surface area contributed by atoms with Gasteiger partial charge < -0.3 is 9.80 Å². The van der Waals surface area contributed by atoms with Gasteiger partial charge in [-0.2, -0.15) is 0 Å². The molecule has 0 aromatic heterocycles. The van der Waals surface area contributed by atoms with E-state index in [0.29, 0.717) is 48.2 Å². The van der Waals surface area contributed by atoms with Gasteiger partial charge in [-0.15, -0.1) is 0 Å². The van der Waals surface area contributed by atoms with Gasteiger partial charge in [0.15, 0.2) is 0 Å². The van der Waals surface area contributed by atoms with Crippen LogP contribution in [0.25, 0.3) is 0 Å². The smallest absolute Gasteiger partial charge is 0.254 e. The van der Waals surface area contributed by atoms with Crippen molar-refractivity contribution in [2.45, 2.75) is 26.2 Å². The molecule has 1 saturated heterocycles. The van der Waals surface area contributed by atoms with Crippen LogP contribution in [0.5, 0.6) is 0 Å². The normalized spacial score (nSPS) is 15.0. The lowest BCUT2D eigenvalue weighted by Gasteiger charge is -2.35. The standard InChI is InChI=1S/C16H20Cl2N2O2/c1-2-3-4-15(21)19-7-9-20(10-8-19)16(22)12-5-6-13(17)14(18)11-12/h5-6,11H,2-4,7-10H2,1H3. The Morgan fingerprint density at radius 1 is 1.05 bits per heavy atom. The number of unbranched alkanes of at least 4 members (excludes halogenated alkanes) is 1. The second-order valence-corrected chi connectivity index (χ2v) is 6.22. The van der Waals surface area contributed by atoms with Gasteiger partial charge in [0, 0.05) is 38.2 Å². The highest BCUT2D eigenvalue weighted by molar-refractivity contribution is 6.42. The van der Waals surface area contributed by atoms with E-state index in [1.165, 1.54) is 0 Å². The molecule has 1 heterocycles. The van der Waals surface area contributed by atoms with Gasteiger partial charge in [0.1, 0.15) is 0 Å². The molecule has 0 unspecified atom stereocenters. The predicted octanol–water partition coefficient (Wildman–Crippen LogP) is 3.47. The molecule has 120 valence electrons. The van der Waals surface area contributed by atoms with Crippen LogP contribution in [0.15, 0.2) is 18.2 Å². The highest BCUT2D eigenvalue weighted by atomic mass is 35.5. The van der Waals surface area contributed by atoms with Crippen LogP contribution >= 0.6 is 23.2 Å². The van der Waals surface area contributed by atoms with Crippen LogP contribution in [-0.4, -0.2) is 47.8 Å². The number of carbonyl (C=O) groups is 2. The average molecular weight is 343 g/mol.